The summed E-state index contributed by atoms with van der Waals surface area (Å²) in [5.41, 5.74) is 9.81. The highest BCUT2D eigenvalue weighted by atomic mass is 16.5. The van der Waals surface area contributed by atoms with E-state index in [0.29, 0.717) is 18.2 Å². The van der Waals surface area contributed by atoms with Gasteiger partial charge in [0.1, 0.15) is 5.75 Å². The number of likely N-dealkylation sites (tertiary alicyclic amines) is 1. The largest absolute Gasteiger partial charge is 0.494 e. The lowest BCUT2D eigenvalue weighted by molar-refractivity contribution is -0.153. The Morgan fingerprint density at radius 2 is 1.62 bits per heavy atom. The van der Waals surface area contributed by atoms with Crippen molar-refractivity contribution in [3.63, 3.8) is 0 Å². The normalized spacial score (nSPS) is 14.3. The molecule has 0 unspecified atom stereocenters. The lowest BCUT2D eigenvalue weighted by atomic mass is 9.97. The molecule has 194 valence electrons. The second-order valence-electron chi connectivity index (χ2n) is 9.99. The van der Waals surface area contributed by atoms with Gasteiger partial charge in [-0.2, -0.15) is 0 Å². The fourth-order valence-corrected chi connectivity index (χ4v) is 4.23. The van der Waals surface area contributed by atoms with Crippen LogP contribution in [0.15, 0.2) is 60.9 Å². The number of benzene rings is 2. The molecule has 0 aliphatic carbocycles. The second kappa shape index (κ2) is 12.0. The van der Waals surface area contributed by atoms with Gasteiger partial charge in [-0.25, -0.2) is 9.97 Å². The Morgan fingerprint density at radius 1 is 1.00 bits per heavy atom. The summed E-state index contributed by atoms with van der Waals surface area (Å²) in [5, 5.41) is 8.97. The van der Waals surface area contributed by atoms with Gasteiger partial charge < -0.3 is 20.5 Å². The first-order chi connectivity index (χ1) is 17.8. The average molecular weight is 503 g/mol. The second-order valence-corrected chi connectivity index (χ2v) is 9.99. The number of carbonyl (C=O) groups is 2. The van der Waals surface area contributed by atoms with E-state index in [1.165, 1.54) is 4.90 Å². The maximum Gasteiger partial charge on any atom is 0.310 e. The molecule has 3 N–H and O–H groups in total. The SMILES string of the molecule is CC(C)CCCOc1ccc(-c2cnc(-c3ccc(C[C@H](N)C(=O)N4CC(C(=O)O)C4)cc3)nc2)cc1. The molecule has 8 nitrogen and oxygen atoms in total. The zero-order valence-corrected chi connectivity index (χ0v) is 21.3. The molecule has 1 atom stereocenters. The Balaban J connectivity index is 1.30. The molecule has 37 heavy (non-hydrogen) atoms. The molecule has 8 heteroatoms. The number of nitrogens with two attached hydrogens (primary N) is 1. The number of carbonyl (C=O) groups excluding carboxylic acids is 1. The molecule has 0 spiro atoms. The van der Waals surface area contributed by atoms with Gasteiger partial charge in [0, 0.05) is 36.6 Å². The van der Waals surface area contributed by atoms with Gasteiger partial charge in [0.15, 0.2) is 5.82 Å². The number of ether oxygens (including phenoxy) is 1. The first-order valence-electron chi connectivity index (χ1n) is 12.7. The van der Waals surface area contributed by atoms with Gasteiger partial charge in [0.2, 0.25) is 5.91 Å². The van der Waals surface area contributed by atoms with Crippen molar-refractivity contribution in [2.24, 2.45) is 17.6 Å². The molecule has 4 rings (SSSR count). The average Bonchev–Trinajstić information content (AvgIpc) is 2.86. The van der Waals surface area contributed by atoms with Crippen LogP contribution in [0.5, 0.6) is 5.75 Å². The Bertz CT molecular complexity index is 1190. The number of hydrogen-bond donors (Lipinski definition) is 2. The molecular formula is C29H34N4O4. The first kappa shape index (κ1) is 26.3. The highest BCUT2D eigenvalue weighted by Crippen LogP contribution is 2.24. The minimum absolute atomic E-state index is 0.216. The molecule has 3 aromatic rings. The summed E-state index contributed by atoms with van der Waals surface area (Å²) < 4.78 is 5.82. The Morgan fingerprint density at radius 3 is 2.22 bits per heavy atom. The lowest BCUT2D eigenvalue weighted by Crippen LogP contribution is -2.57. The maximum atomic E-state index is 12.4. The smallest absolute Gasteiger partial charge is 0.310 e. The number of carboxylic acid groups (broad SMARTS) is 1. The van der Waals surface area contributed by atoms with Gasteiger partial charge >= 0.3 is 5.97 Å². The van der Waals surface area contributed by atoms with E-state index in [0.717, 1.165) is 47.5 Å². The molecule has 0 bridgehead atoms. The minimum Gasteiger partial charge on any atom is -0.494 e. The van der Waals surface area contributed by atoms with Crippen molar-refractivity contribution >= 4 is 11.9 Å². The van der Waals surface area contributed by atoms with Crippen LogP contribution >= 0.6 is 0 Å². The molecule has 1 fully saturated rings. The van der Waals surface area contributed by atoms with E-state index in [2.05, 4.69) is 23.8 Å². The van der Waals surface area contributed by atoms with Crippen molar-refractivity contribution in [3.05, 3.63) is 66.5 Å². The molecular weight excluding hydrogens is 468 g/mol. The molecule has 1 aliphatic rings. The quantitative estimate of drug-likeness (QED) is 0.380. The molecule has 1 aromatic heterocycles. The summed E-state index contributed by atoms with van der Waals surface area (Å²) in [6, 6.07) is 14.9. The zero-order chi connectivity index (χ0) is 26.4. The van der Waals surface area contributed by atoms with E-state index in [1.807, 2.05) is 48.5 Å². The third-order valence-corrected chi connectivity index (χ3v) is 6.56. The van der Waals surface area contributed by atoms with E-state index in [4.69, 9.17) is 15.6 Å². The molecule has 1 aliphatic heterocycles. The number of carboxylic acids is 1. The molecule has 1 saturated heterocycles. The first-order valence-corrected chi connectivity index (χ1v) is 12.7. The number of amides is 1. The van der Waals surface area contributed by atoms with Gasteiger partial charge in [0.25, 0.3) is 0 Å². The number of aliphatic carboxylic acids is 1. The summed E-state index contributed by atoms with van der Waals surface area (Å²) in [4.78, 5) is 33.9. The van der Waals surface area contributed by atoms with Crippen LogP contribution in [-0.2, 0) is 16.0 Å². The van der Waals surface area contributed by atoms with Crippen LogP contribution in [0.1, 0.15) is 32.3 Å². The summed E-state index contributed by atoms with van der Waals surface area (Å²) in [6.07, 6.45) is 6.20. The molecule has 2 aromatic carbocycles. The number of hydrogen-bond acceptors (Lipinski definition) is 6. The highest BCUT2D eigenvalue weighted by Gasteiger charge is 2.37. The summed E-state index contributed by atoms with van der Waals surface area (Å²) >= 11 is 0. The molecule has 2 heterocycles. The standard InChI is InChI=1S/C29H34N4O4/c1-19(2)4-3-13-37-25-11-9-21(10-12-25)23-15-31-27(32-16-23)22-7-5-20(6-8-22)14-26(30)28(34)33-17-24(18-33)29(35)36/h5-12,15-16,19,24,26H,3-4,13-14,17-18,30H2,1-2H3,(H,35,36)/t26-/m0/s1. The predicted molar refractivity (Wildman–Crippen MR) is 142 cm³/mol. The summed E-state index contributed by atoms with van der Waals surface area (Å²) in [6.45, 7) is 5.61. The van der Waals surface area contributed by atoms with Crippen LogP contribution in [0.25, 0.3) is 22.5 Å². The summed E-state index contributed by atoms with van der Waals surface area (Å²) in [5.74, 6) is 0.583. The highest BCUT2D eigenvalue weighted by molar-refractivity contribution is 5.85. The minimum atomic E-state index is -0.876. The number of nitrogens with zero attached hydrogens (tertiary/aromatic N) is 3. The number of rotatable bonds is 11. The third kappa shape index (κ3) is 6.92. The maximum absolute atomic E-state index is 12.4. The van der Waals surface area contributed by atoms with Crippen LogP contribution in [0.4, 0.5) is 0 Å². The van der Waals surface area contributed by atoms with Gasteiger partial charge in [-0.15, -0.1) is 0 Å². The van der Waals surface area contributed by atoms with Crippen molar-refractivity contribution < 1.29 is 19.4 Å². The van der Waals surface area contributed by atoms with Gasteiger partial charge in [-0.05, 0) is 48.4 Å². The van der Waals surface area contributed by atoms with Gasteiger partial charge in [-0.1, -0.05) is 50.2 Å². The fraction of sp³-hybridized carbons (Fsp3) is 0.379. The van der Waals surface area contributed by atoms with Crippen LogP contribution in [0.2, 0.25) is 0 Å². The third-order valence-electron chi connectivity index (χ3n) is 6.56. The van der Waals surface area contributed by atoms with E-state index in [-0.39, 0.29) is 19.0 Å². The van der Waals surface area contributed by atoms with Crippen molar-refractivity contribution in [1.82, 2.24) is 14.9 Å². The lowest BCUT2D eigenvalue weighted by Gasteiger charge is -2.38. The van der Waals surface area contributed by atoms with E-state index >= 15 is 0 Å². The van der Waals surface area contributed by atoms with Crippen molar-refractivity contribution in [3.8, 4) is 28.3 Å². The van der Waals surface area contributed by atoms with Crippen molar-refractivity contribution in [1.29, 1.82) is 0 Å². The van der Waals surface area contributed by atoms with E-state index < -0.39 is 17.9 Å². The summed E-state index contributed by atoms with van der Waals surface area (Å²) in [7, 11) is 0. The predicted octanol–water partition coefficient (Wildman–Crippen LogP) is 4.04. The molecule has 1 amide bonds. The van der Waals surface area contributed by atoms with Crippen molar-refractivity contribution in [2.75, 3.05) is 19.7 Å². The van der Waals surface area contributed by atoms with Crippen LogP contribution in [-0.4, -0.2) is 57.6 Å². The molecule has 0 saturated carbocycles. The number of aromatic nitrogens is 2. The van der Waals surface area contributed by atoms with E-state index in [1.54, 1.807) is 12.4 Å². The monoisotopic (exact) mass is 502 g/mol. The Hall–Kier alpha value is -3.78. The Kier molecular flexibility index (Phi) is 8.50. The molecule has 0 radical (unpaired) electrons. The Labute approximate surface area is 217 Å². The van der Waals surface area contributed by atoms with E-state index in [9.17, 15) is 9.59 Å². The van der Waals surface area contributed by atoms with Crippen LogP contribution in [0.3, 0.4) is 0 Å². The van der Waals surface area contributed by atoms with Gasteiger partial charge in [-0.3, -0.25) is 9.59 Å². The topological polar surface area (TPSA) is 119 Å². The van der Waals surface area contributed by atoms with Crippen LogP contribution in [0, 0.1) is 11.8 Å². The fourth-order valence-electron chi connectivity index (χ4n) is 4.23. The van der Waals surface area contributed by atoms with Gasteiger partial charge in [0.05, 0.1) is 18.6 Å². The zero-order valence-electron chi connectivity index (χ0n) is 21.3. The van der Waals surface area contributed by atoms with Crippen LogP contribution < -0.4 is 10.5 Å². The van der Waals surface area contributed by atoms with Crippen molar-refractivity contribution in [2.45, 2.75) is 39.2 Å².